The van der Waals surface area contributed by atoms with Crippen LogP contribution in [0.15, 0.2) is 303 Å². The fourth-order valence-electron chi connectivity index (χ4n) is 13.5. The smallest absolute Gasteiger partial charge is 0.0714 e. The van der Waals surface area contributed by atoms with Crippen molar-refractivity contribution in [2.24, 2.45) is 0 Å². The first-order valence-electron chi connectivity index (χ1n) is 26.4. The summed E-state index contributed by atoms with van der Waals surface area (Å²) in [5, 5.41) is 2.50. The van der Waals surface area contributed by atoms with Gasteiger partial charge in [0, 0.05) is 33.5 Å². The molecule has 0 saturated heterocycles. The minimum atomic E-state index is -0.543. The standard InChI is InChI=1S/C74H50N2/c1-5-22-52(23-6-1)73(53-24-7-2-8-25-53)67-36-18-14-33-65(67)72-60(34-21-37-68(72)73)51-40-42-56(43-41-51)75(57-44-46-58(47-45-57)76-70-38-19-15-31-63(70)64-32-16-20-39-71(64)76)59-48-49-62-61-30-13-17-35-66(61)74(69(62)50-59,54-26-9-3-10-27-54)55-28-11-4-12-29-55/h1-50H. The van der Waals surface area contributed by atoms with Gasteiger partial charge in [0.05, 0.1) is 21.9 Å². The molecule has 2 nitrogen and oxygen atoms in total. The van der Waals surface area contributed by atoms with Crippen LogP contribution in [0.25, 0.3) is 60.9 Å². The molecule has 1 heterocycles. The van der Waals surface area contributed by atoms with Crippen LogP contribution in [0.5, 0.6) is 0 Å². The summed E-state index contributed by atoms with van der Waals surface area (Å²) in [5.74, 6) is 0. The largest absolute Gasteiger partial charge is 0.310 e. The average molecular weight is 967 g/mol. The topological polar surface area (TPSA) is 8.17 Å². The van der Waals surface area contributed by atoms with E-state index in [0.29, 0.717) is 0 Å². The Hall–Kier alpha value is -9.76. The zero-order valence-corrected chi connectivity index (χ0v) is 41.8. The fraction of sp³-hybridized carbons (Fsp3) is 0.0270. The van der Waals surface area contributed by atoms with E-state index in [-0.39, 0.29) is 0 Å². The van der Waals surface area contributed by atoms with Gasteiger partial charge < -0.3 is 9.47 Å². The lowest BCUT2D eigenvalue weighted by Crippen LogP contribution is -2.28. The number of rotatable bonds is 9. The molecule has 1 aromatic heterocycles. The number of para-hydroxylation sites is 2. The van der Waals surface area contributed by atoms with Crippen LogP contribution in [0.2, 0.25) is 0 Å². The number of hydrogen-bond donors (Lipinski definition) is 0. The number of nitrogens with zero attached hydrogens (tertiary/aromatic N) is 2. The normalized spacial score (nSPS) is 13.5. The van der Waals surface area contributed by atoms with Crippen LogP contribution in [-0.2, 0) is 10.8 Å². The SMILES string of the molecule is c1ccc(C2(c3ccccc3)c3ccccc3-c3ccc(N(c4ccc(-c5cccc6c5-c5ccccc5C6(c5ccccc5)c5ccccc5)cc4)c4ccc(-n5c6ccccc6c6ccccc65)cc4)cc32)cc1. The molecule has 2 heteroatoms. The Balaban J connectivity index is 0.921. The van der Waals surface area contributed by atoms with Crippen LogP contribution in [0.1, 0.15) is 44.5 Å². The molecule has 0 saturated carbocycles. The maximum atomic E-state index is 2.47. The Bertz CT molecular complexity index is 4180. The molecule has 0 aliphatic heterocycles. The van der Waals surface area contributed by atoms with E-state index < -0.39 is 10.8 Å². The Morgan fingerprint density at radius 1 is 0.263 bits per heavy atom. The lowest BCUT2D eigenvalue weighted by Gasteiger charge is -2.35. The van der Waals surface area contributed by atoms with Gasteiger partial charge in [-0.1, -0.05) is 243 Å². The highest BCUT2D eigenvalue weighted by Crippen LogP contribution is 2.60. The van der Waals surface area contributed by atoms with Gasteiger partial charge in [-0.2, -0.15) is 0 Å². The van der Waals surface area contributed by atoms with Crippen LogP contribution in [0, 0.1) is 0 Å². The van der Waals surface area contributed by atoms with Gasteiger partial charge in [0.1, 0.15) is 0 Å². The number of hydrogen-bond acceptors (Lipinski definition) is 1. The summed E-state index contributed by atoms with van der Waals surface area (Å²) in [6.45, 7) is 0. The van der Waals surface area contributed by atoms with Gasteiger partial charge in [-0.25, -0.2) is 0 Å². The number of anilines is 3. The van der Waals surface area contributed by atoms with E-state index >= 15 is 0 Å². The third-order valence-corrected chi connectivity index (χ3v) is 16.6. The minimum Gasteiger partial charge on any atom is -0.310 e. The zero-order valence-electron chi connectivity index (χ0n) is 41.8. The first-order chi connectivity index (χ1) is 37.7. The van der Waals surface area contributed by atoms with Gasteiger partial charge in [0.2, 0.25) is 0 Å². The molecule has 0 N–H and O–H groups in total. The van der Waals surface area contributed by atoms with E-state index in [2.05, 4.69) is 313 Å². The third-order valence-electron chi connectivity index (χ3n) is 16.6. The van der Waals surface area contributed by atoms with Crippen LogP contribution in [-0.4, -0.2) is 4.57 Å². The summed E-state index contributed by atoms with van der Waals surface area (Å²) in [5.41, 5.74) is 23.4. The van der Waals surface area contributed by atoms with Crippen molar-refractivity contribution in [2.45, 2.75) is 10.8 Å². The van der Waals surface area contributed by atoms with E-state index in [1.807, 2.05) is 0 Å². The second kappa shape index (κ2) is 17.4. The summed E-state index contributed by atoms with van der Waals surface area (Å²) >= 11 is 0. The monoisotopic (exact) mass is 966 g/mol. The van der Waals surface area contributed by atoms with Gasteiger partial charge in [-0.05, 0) is 139 Å². The molecule has 2 aliphatic rings. The van der Waals surface area contributed by atoms with E-state index in [0.717, 1.165) is 22.7 Å². The number of aromatic nitrogens is 1. The van der Waals surface area contributed by atoms with E-state index in [1.54, 1.807) is 0 Å². The molecular weight excluding hydrogens is 917 g/mol. The van der Waals surface area contributed by atoms with Crippen molar-refractivity contribution in [3.05, 3.63) is 348 Å². The van der Waals surface area contributed by atoms with Crippen molar-refractivity contribution in [1.29, 1.82) is 0 Å². The van der Waals surface area contributed by atoms with Crippen molar-refractivity contribution < 1.29 is 0 Å². The second-order valence-corrected chi connectivity index (χ2v) is 20.3. The highest BCUT2D eigenvalue weighted by Gasteiger charge is 2.48. The molecule has 0 unspecified atom stereocenters. The zero-order chi connectivity index (χ0) is 50.2. The van der Waals surface area contributed by atoms with Crippen molar-refractivity contribution >= 4 is 38.9 Å². The molecule has 0 amide bonds. The second-order valence-electron chi connectivity index (χ2n) is 20.3. The molecule has 13 aromatic rings. The van der Waals surface area contributed by atoms with Gasteiger partial charge in [0.25, 0.3) is 0 Å². The summed E-state index contributed by atoms with van der Waals surface area (Å²) in [6, 6.07) is 112. The molecule has 2 aliphatic carbocycles. The van der Waals surface area contributed by atoms with Crippen LogP contribution in [0.4, 0.5) is 17.1 Å². The molecule has 356 valence electrons. The first-order valence-corrected chi connectivity index (χ1v) is 26.4. The number of benzene rings is 12. The van der Waals surface area contributed by atoms with Crippen molar-refractivity contribution in [3.63, 3.8) is 0 Å². The lowest BCUT2D eigenvalue weighted by molar-refractivity contribution is 0.768. The highest BCUT2D eigenvalue weighted by molar-refractivity contribution is 6.09. The van der Waals surface area contributed by atoms with Gasteiger partial charge in [-0.3, -0.25) is 0 Å². The quantitative estimate of drug-likeness (QED) is 0.140. The highest BCUT2D eigenvalue weighted by atomic mass is 15.1. The van der Waals surface area contributed by atoms with Crippen molar-refractivity contribution in [1.82, 2.24) is 4.57 Å². The summed E-state index contributed by atoms with van der Waals surface area (Å²) in [4.78, 5) is 2.45. The van der Waals surface area contributed by atoms with Crippen LogP contribution < -0.4 is 4.90 Å². The fourth-order valence-corrected chi connectivity index (χ4v) is 13.5. The predicted molar refractivity (Wildman–Crippen MR) is 316 cm³/mol. The molecule has 0 atom stereocenters. The predicted octanol–water partition coefficient (Wildman–Crippen LogP) is 18.6. The lowest BCUT2D eigenvalue weighted by atomic mass is 9.67. The molecule has 0 spiro atoms. The molecule has 76 heavy (non-hydrogen) atoms. The third kappa shape index (κ3) is 6.34. The Morgan fingerprint density at radius 3 is 1.21 bits per heavy atom. The molecule has 0 bridgehead atoms. The Labute approximate surface area is 443 Å². The molecule has 0 radical (unpaired) electrons. The molecule has 15 rings (SSSR count). The molecule has 12 aromatic carbocycles. The van der Waals surface area contributed by atoms with Crippen molar-refractivity contribution in [3.8, 4) is 39.1 Å². The van der Waals surface area contributed by atoms with E-state index in [4.69, 9.17) is 0 Å². The molecular formula is C74H50N2. The Morgan fingerprint density at radius 2 is 0.658 bits per heavy atom. The van der Waals surface area contributed by atoms with Gasteiger partial charge in [0.15, 0.2) is 0 Å². The first kappa shape index (κ1) is 43.8. The minimum absolute atomic E-state index is 0.478. The number of fused-ring (bicyclic) bond motifs is 9. The van der Waals surface area contributed by atoms with Gasteiger partial charge in [-0.15, -0.1) is 0 Å². The average Bonchev–Trinajstić information content (AvgIpc) is 4.31. The van der Waals surface area contributed by atoms with Gasteiger partial charge >= 0.3 is 0 Å². The Kier molecular flexibility index (Phi) is 10.0. The summed E-state index contributed by atoms with van der Waals surface area (Å²) in [6.07, 6.45) is 0. The van der Waals surface area contributed by atoms with Crippen LogP contribution >= 0.6 is 0 Å². The summed E-state index contributed by atoms with van der Waals surface area (Å²) in [7, 11) is 0. The van der Waals surface area contributed by atoms with E-state index in [9.17, 15) is 0 Å². The maximum absolute atomic E-state index is 2.47. The van der Waals surface area contributed by atoms with E-state index in [1.165, 1.54) is 99.7 Å². The maximum Gasteiger partial charge on any atom is 0.0714 e. The van der Waals surface area contributed by atoms with Crippen molar-refractivity contribution in [2.75, 3.05) is 4.90 Å². The molecule has 0 fully saturated rings. The summed E-state index contributed by atoms with van der Waals surface area (Å²) < 4.78 is 2.40. The van der Waals surface area contributed by atoms with Crippen LogP contribution in [0.3, 0.4) is 0 Å².